The van der Waals surface area contributed by atoms with E-state index < -0.39 is 10.0 Å². The Morgan fingerprint density at radius 2 is 1.83 bits per heavy atom. The summed E-state index contributed by atoms with van der Waals surface area (Å²) in [4.78, 5) is 12.2. The van der Waals surface area contributed by atoms with Crippen LogP contribution >= 0.6 is 0 Å². The molecule has 0 saturated heterocycles. The van der Waals surface area contributed by atoms with Crippen LogP contribution in [0, 0.1) is 5.92 Å². The van der Waals surface area contributed by atoms with E-state index in [9.17, 15) is 13.2 Å². The van der Waals surface area contributed by atoms with Crippen molar-refractivity contribution in [2.75, 3.05) is 24.2 Å². The monoisotopic (exact) mass is 340 g/mol. The Bertz CT molecular complexity index is 597. The lowest BCUT2D eigenvalue weighted by Crippen LogP contribution is -2.29. The van der Waals surface area contributed by atoms with Gasteiger partial charge in [0.25, 0.3) is 5.91 Å². The summed E-state index contributed by atoms with van der Waals surface area (Å²) in [5.74, 6) is 0.392. The normalized spacial score (nSPS) is 12.7. The van der Waals surface area contributed by atoms with Crippen molar-refractivity contribution in [1.29, 1.82) is 0 Å². The molecule has 1 aromatic carbocycles. The molecule has 23 heavy (non-hydrogen) atoms. The molecule has 0 radical (unpaired) electrons. The average Bonchev–Trinajstić information content (AvgIpc) is 2.53. The van der Waals surface area contributed by atoms with Crippen LogP contribution in [-0.4, -0.2) is 34.2 Å². The van der Waals surface area contributed by atoms with E-state index in [1.54, 1.807) is 24.3 Å². The molecule has 0 aliphatic heterocycles. The highest BCUT2D eigenvalue weighted by molar-refractivity contribution is 7.92. The number of hydrogen-bond donors (Lipinski definition) is 1. The highest BCUT2D eigenvalue weighted by Gasteiger charge is 2.13. The Balaban J connectivity index is 2.64. The molecular formula is C17H28N2O3S. The zero-order chi connectivity index (χ0) is 17.5. The third-order valence-electron chi connectivity index (χ3n) is 4.09. The fourth-order valence-corrected chi connectivity index (χ4v) is 2.80. The number of rotatable bonds is 9. The Kier molecular flexibility index (Phi) is 7.55. The smallest absolute Gasteiger partial charge is 0.251 e. The van der Waals surface area contributed by atoms with E-state index >= 15 is 0 Å². The lowest BCUT2D eigenvalue weighted by atomic mass is 9.99. The zero-order valence-electron chi connectivity index (χ0n) is 14.5. The molecule has 5 nitrogen and oxygen atoms in total. The molecule has 0 saturated carbocycles. The largest absolute Gasteiger partial charge is 0.352 e. The first-order chi connectivity index (χ1) is 10.8. The first-order valence-corrected chi connectivity index (χ1v) is 9.96. The summed E-state index contributed by atoms with van der Waals surface area (Å²) in [6.07, 6.45) is 5.68. The van der Waals surface area contributed by atoms with Gasteiger partial charge >= 0.3 is 0 Å². The van der Waals surface area contributed by atoms with Crippen LogP contribution in [0.5, 0.6) is 0 Å². The maximum atomic E-state index is 12.2. The molecule has 0 fully saturated rings. The van der Waals surface area contributed by atoms with Gasteiger partial charge in [0.2, 0.25) is 10.0 Å². The maximum Gasteiger partial charge on any atom is 0.251 e. The number of carbonyl (C=O) groups is 1. The van der Waals surface area contributed by atoms with Gasteiger partial charge in [0.05, 0.1) is 11.9 Å². The lowest BCUT2D eigenvalue weighted by molar-refractivity contribution is 0.0946. The number of nitrogens with zero attached hydrogens (tertiary/aromatic N) is 1. The van der Waals surface area contributed by atoms with Gasteiger partial charge in [-0.1, -0.05) is 33.1 Å². The number of benzene rings is 1. The summed E-state index contributed by atoms with van der Waals surface area (Å²) in [7, 11) is -1.80. The van der Waals surface area contributed by atoms with E-state index in [4.69, 9.17) is 0 Å². The second kappa shape index (κ2) is 8.91. The van der Waals surface area contributed by atoms with E-state index in [2.05, 4.69) is 19.2 Å². The third kappa shape index (κ3) is 6.22. The van der Waals surface area contributed by atoms with Crippen molar-refractivity contribution in [3.63, 3.8) is 0 Å². The number of carbonyl (C=O) groups excluding carboxylic acids is 1. The highest BCUT2D eigenvalue weighted by Crippen LogP contribution is 2.16. The van der Waals surface area contributed by atoms with Gasteiger partial charge in [-0.3, -0.25) is 9.10 Å². The molecule has 0 aliphatic rings. The summed E-state index contributed by atoms with van der Waals surface area (Å²) < 4.78 is 24.2. The van der Waals surface area contributed by atoms with Gasteiger partial charge in [0.1, 0.15) is 0 Å². The van der Waals surface area contributed by atoms with Crippen LogP contribution in [0.3, 0.4) is 0 Å². The first-order valence-electron chi connectivity index (χ1n) is 8.11. The third-order valence-corrected chi connectivity index (χ3v) is 5.29. The molecule has 0 heterocycles. The Hall–Kier alpha value is -1.56. The Morgan fingerprint density at radius 1 is 1.22 bits per heavy atom. The van der Waals surface area contributed by atoms with Crippen LogP contribution < -0.4 is 9.62 Å². The van der Waals surface area contributed by atoms with Gasteiger partial charge in [-0.25, -0.2) is 8.42 Å². The van der Waals surface area contributed by atoms with E-state index in [1.807, 2.05) is 0 Å². The summed E-state index contributed by atoms with van der Waals surface area (Å²) in [5, 5.41) is 2.97. The SMILES string of the molecule is CCCC[C@@H](CC)CNC(=O)c1ccc(N(C)S(C)(=O)=O)cc1. The number of anilines is 1. The van der Waals surface area contributed by atoms with Crippen LogP contribution in [0.4, 0.5) is 5.69 Å². The first kappa shape index (κ1) is 19.5. The number of nitrogens with one attached hydrogen (secondary N) is 1. The number of sulfonamides is 1. The number of unbranched alkanes of at least 4 members (excludes halogenated alkanes) is 1. The predicted octanol–water partition coefficient (Wildman–Crippen LogP) is 3.03. The second-order valence-electron chi connectivity index (χ2n) is 5.90. The van der Waals surface area contributed by atoms with Crippen LogP contribution in [0.25, 0.3) is 0 Å². The lowest BCUT2D eigenvalue weighted by Gasteiger charge is -2.17. The van der Waals surface area contributed by atoms with Crippen molar-refractivity contribution in [2.24, 2.45) is 5.92 Å². The molecule has 6 heteroatoms. The summed E-state index contributed by atoms with van der Waals surface area (Å²) in [6, 6.07) is 6.59. The average molecular weight is 340 g/mol. The molecule has 0 unspecified atom stereocenters. The van der Waals surface area contributed by atoms with Crippen LogP contribution in [0.1, 0.15) is 49.9 Å². The minimum absolute atomic E-state index is 0.117. The van der Waals surface area contributed by atoms with Gasteiger partial charge in [-0.15, -0.1) is 0 Å². The summed E-state index contributed by atoms with van der Waals surface area (Å²) in [5.41, 5.74) is 1.08. The maximum absolute atomic E-state index is 12.2. The fourth-order valence-electron chi connectivity index (χ4n) is 2.30. The van der Waals surface area contributed by atoms with Crippen LogP contribution in [0.15, 0.2) is 24.3 Å². The van der Waals surface area contributed by atoms with Crippen molar-refractivity contribution in [3.8, 4) is 0 Å². The van der Waals surface area contributed by atoms with Crippen LogP contribution in [0.2, 0.25) is 0 Å². The number of hydrogen-bond acceptors (Lipinski definition) is 3. The van der Waals surface area contributed by atoms with Crippen molar-refractivity contribution >= 4 is 21.6 Å². The summed E-state index contributed by atoms with van der Waals surface area (Å²) in [6.45, 7) is 4.99. The van der Waals surface area contributed by atoms with Gasteiger partial charge in [-0.05, 0) is 36.6 Å². The minimum atomic E-state index is -3.29. The fraction of sp³-hybridized carbons (Fsp3) is 0.588. The van der Waals surface area contributed by atoms with E-state index in [-0.39, 0.29) is 5.91 Å². The summed E-state index contributed by atoms with van der Waals surface area (Å²) >= 11 is 0. The van der Waals surface area contributed by atoms with Gasteiger partial charge in [0.15, 0.2) is 0 Å². The molecule has 0 aromatic heterocycles. The highest BCUT2D eigenvalue weighted by atomic mass is 32.2. The Morgan fingerprint density at radius 3 is 2.30 bits per heavy atom. The van der Waals surface area contributed by atoms with E-state index in [0.29, 0.717) is 23.7 Å². The van der Waals surface area contributed by atoms with Crippen molar-refractivity contribution in [1.82, 2.24) is 5.32 Å². The van der Waals surface area contributed by atoms with Gasteiger partial charge in [-0.2, -0.15) is 0 Å². The molecule has 0 bridgehead atoms. The molecule has 130 valence electrons. The molecule has 0 spiro atoms. The van der Waals surface area contributed by atoms with Crippen molar-refractivity contribution < 1.29 is 13.2 Å². The van der Waals surface area contributed by atoms with Crippen molar-refractivity contribution in [2.45, 2.75) is 39.5 Å². The molecule has 1 rings (SSSR count). The van der Waals surface area contributed by atoms with E-state index in [1.165, 1.54) is 24.2 Å². The molecule has 1 atom stereocenters. The van der Waals surface area contributed by atoms with E-state index in [0.717, 1.165) is 19.1 Å². The predicted molar refractivity (Wildman–Crippen MR) is 95.3 cm³/mol. The topological polar surface area (TPSA) is 66.5 Å². The minimum Gasteiger partial charge on any atom is -0.352 e. The molecule has 1 amide bonds. The van der Waals surface area contributed by atoms with Crippen LogP contribution in [-0.2, 0) is 10.0 Å². The second-order valence-corrected chi connectivity index (χ2v) is 7.92. The molecular weight excluding hydrogens is 312 g/mol. The quantitative estimate of drug-likeness (QED) is 0.751. The standard InChI is InChI=1S/C17H28N2O3S/c1-5-7-8-14(6-2)13-18-17(20)15-9-11-16(12-10-15)19(3)23(4,21)22/h9-12,14H,5-8,13H2,1-4H3,(H,18,20)/t14-/m1/s1. The molecule has 1 aromatic rings. The molecule has 1 N–H and O–H groups in total. The van der Waals surface area contributed by atoms with Gasteiger partial charge in [0, 0.05) is 19.2 Å². The molecule has 0 aliphatic carbocycles. The van der Waals surface area contributed by atoms with Gasteiger partial charge < -0.3 is 5.32 Å². The Labute approximate surface area is 140 Å². The zero-order valence-corrected chi connectivity index (χ0v) is 15.3. The van der Waals surface area contributed by atoms with Crippen molar-refractivity contribution in [3.05, 3.63) is 29.8 Å². The number of amides is 1.